The van der Waals surface area contributed by atoms with Gasteiger partial charge in [-0.2, -0.15) is 9.57 Å². The van der Waals surface area contributed by atoms with Crippen molar-refractivity contribution in [1.82, 2.24) is 4.31 Å². The van der Waals surface area contributed by atoms with Crippen LogP contribution in [0.4, 0.5) is 0 Å². The second-order valence-electron chi connectivity index (χ2n) is 4.05. The van der Waals surface area contributed by atoms with Crippen molar-refractivity contribution in [3.8, 4) is 6.07 Å². The summed E-state index contributed by atoms with van der Waals surface area (Å²) in [7, 11) is -3.47. The van der Waals surface area contributed by atoms with Gasteiger partial charge in [-0.05, 0) is 23.8 Å². The second kappa shape index (κ2) is 5.97. The van der Waals surface area contributed by atoms with Crippen molar-refractivity contribution >= 4 is 16.1 Å². The number of morpholine rings is 1. The van der Waals surface area contributed by atoms with Crippen LogP contribution in [0.5, 0.6) is 0 Å². The standard InChI is InChI=1S/C13H14N2O3S/c14-6-2-4-12-3-1-5-13(11-12)19(16,17)15-7-9-18-10-8-15/h1-5,11H,7-10H2/b4-2-. The van der Waals surface area contributed by atoms with Crippen LogP contribution in [0.15, 0.2) is 35.2 Å². The zero-order valence-corrected chi connectivity index (χ0v) is 11.1. The largest absolute Gasteiger partial charge is 0.379 e. The molecule has 0 atom stereocenters. The summed E-state index contributed by atoms with van der Waals surface area (Å²) in [5, 5.41) is 8.48. The number of hydrogen-bond acceptors (Lipinski definition) is 4. The van der Waals surface area contributed by atoms with Gasteiger partial charge < -0.3 is 4.74 Å². The molecule has 100 valence electrons. The third-order valence-electron chi connectivity index (χ3n) is 2.82. The Balaban J connectivity index is 2.30. The first-order valence-corrected chi connectivity index (χ1v) is 7.33. The van der Waals surface area contributed by atoms with Gasteiger partial charge in [0.25, 0.3) is 0 Å². The van der Waals surface area contributed by atoms with Gasteiger partial charge >= 0.3 is 0 Å². The number of nitriles is 1. The minimum absolute atomic E-state index is 0.245. The minimum atomic E-state index is -3.47. The second-order valence-corrected chi connectivity index (χ2v) is 5.99. The molecule has 0 bridgehead atoms. The lowest BCUT2D eigenvalue weighted by Gasteiger charge is -2.26. The van der Waals surface area contributed by atoms with Crippen molar-refractivity contribution in [3.05, 3.63) is 35.9 Å². The molecule has 2 rings (SSSR count). The molecule has 19 heavy (non-hydrogen) atoms. The van der Waals surface area contributed by atoms with Crippen molar-refractivity contribution in [2.75, 3.05) is 26.3 Å². The number of allylic oxidation sites excluding steroid dienone is 1. The van der Waals surface area contributed by atoms with Crippen LogP contribution in [-0.4, -0.2) is 39.0 Å². The van der Waals surface area contributed by atoms with E-state index in [1.165, 1.54) is 10.4 Å². The van der Waals surface area contributed by atoms with Gasteiger partial charge in [-0.3, -0.25) is 0 Å². The molecule has 0 aliphatic carbocycles. The van der Waals surface area contributed by atoms with E-state index in [2.05, 4.69) is 0 Å². The molecule has 1 aromatic carbocycles. The van der Waals surface area contributed by atoms with Crippen molar-refractivity contribution in [1.29, 1.82) is 5.26 Å². The molecule has 1 heterocycles. The summed E-state index contributed by atoms with van der Waals surface area (Å²) < 4.78 is 31.4. The van der Waals surface area contributed by atoms with Gasteiger partial charge in [-0.15, -0.1) is 0 Å². The van der Waals surface area contributed by atoms with Crippen LogP contribution < -0.4 is 0 Å². The van der Waals surface area contributed by atoms with Crippen LogP contribution in [-0.2, 0) is 14.8 Å². The lowest BCUT2D eigenvalue weighted by molar-refractivity contribution is 0.0730. The highest BCUT2D eigenvalue weighted by Crippen LogP contribution is 2.18. The maximum atomic E-state index is 12.4. The zero-order valence-electron chi connectivity index (χ0n) is 10.3. The fourth-order valence-electron chi connectivity index (χ4n) is 1.85. The molecule has 1 saturated heterocycles. The maximum Gasteiger partial charge on any atom is 0.243 e. The molecule has 0 unspecified atom stereocenters. The van der Waals surface area contributed by atoms with Crippen LogP contribution in [0.25, 0.3) is 6.08 Å². The van der Waals surface area contributed by atoms with E-state index in [0.29, 0.717) is 31.9 Å². The van der Waals surface area contributed by atoms with E-state index in [0.717, 1.165) is 0 Å². The Labute approximate surface area is 112 Å². The van der Waals surface area contributed by atoms with Gasteiger partial charge in [-0.1, -0.05) is 12.1 Å². The number of sulfonamides is 1. The van der Waals surface area contributed by atoms with E-state index in [1.54, 1.807) is 30.3 Å². The quantitative estimate of drug-likeness (QED) is 0.780. The Morgan fingerprint density at radius 3 is 2.74 bits per heavy atom. The normalized spacial score (nSPS) is 17.4. The summed E-state index contributed by atoms with van der Waals surface area (Å²) in [4.78, 5) is 0.245. The first kappa shape index (κ1) is 13.7. The molecule has 1 aromatic rings. The van der Waals surface area contributed by atoms with Gasteiger partial charge in [0.1, 0.15) is 0 Å². The fourth-order valence-corrected chi connectivity index (χ4v) is 3.31. The maximum absolute atomic E-state index is 12.4. The highest BCUT2D eigenvalue weighted by atomic mass is 32.2. The van der Waals surface area contributed by atoms with Crippen LogP contribution in [0.3, 0.4) is 0 Å². The average molecular weight is 278 g/mol. The molecule has 0 saturated carbocycles. The lowest BCUT2D eigenvalue weighted by atomic mass is 10.2. The summed E-state index contributed by atoms with van der Waals surface area (Å²) in [6.45, 7) is 1.60. The first-order chi connectivity index (χ1) is 9.14. The Morgan fingerprint density at radius 2 is 2.05 bits per heavy atom. The van der Waals surface area contributed by atoms with E-state index >= 15 is 0 Å². The summed E-state index contributed by atoms with van der Waals surface area (Å²) in [5.41, 5.74) is 0.691. The number of hydrogen-bond donors (Lipinski definition) is 0. The van der Waals surface area contributed by atoms with Gasteiger partial charge in [0.2, 0.25) is 10.0 Å². The Kier molecular flexibility index (Phi) is 4.32. The number of rotatable bonds is 3. The molecule has 6 heteroatoms. The molecule has 0 radical (unpaired) electrons. The van der Waals surface area contributed by atoms with Gasteiger partial charge in [0, 0.05) is 19.2 Å². The minimum Gasteiger partial charge on any atom is -0.379 e. The van der Waals surface area contributed by atoms with Gasteiger partial charge in [-0.25, -0.2) is 8.42 Å². The van der Waals surface area contributed by atoms with Crippen molar-refractivity contribution < 1.29 is 13.2 Å². The molecule has 1 aliphatic heterocycles. The topological polar surface area (TPSA) is 70.4 Å². The van der Waals surface area contributed by atoms with Crippen molar-refractivity contribution in [3.63, 3.8) is 0 Å². The van der Waals surface area contributed by atoms with E-state index in [9.17, 15) is 8.42 Å². The molecular weight excluding hydrogens is 264 g/mol. The van der Waals surface area contributed by atoms with E-state index in [-0.39, 0.29) is 4.90 Å². The van der Waals surface area contributed by atoms with E-state index in [4.69, 9.17) is 10.00 Å². The van der Waals surface area contributed by atoms with Crippen LogP contribution >= 0.6 is 0 Å². The predicted octanol–water partition coefficient (Wildman–Crippen LogP) is 1.24. The monoisotopic (exact) mass is 278 g/mol. The number of benzene rings is 1. The smallest absolute Gasteiger partial charge is 0.243 e. The van der Waals surface area contributed by atoms with Crippen molar-refractivity contribution in [2.45, 2.75) is 4.90 Å². The number of ether oxygens (including phenoxy) is 1. The molecule has 5 nitrogen and oxygen atoms in total. The van der Waals surface area contributed by atoms with Gasteiger partial charge in [0.15, 0.2) is 0 Å². The molecule has 0 aromatic heterocycles. The zero-order chi connectivity index (χ0) is 13.7. The molecule has 1 fully saturated rings. The number of nitrogens with zero attached hydrogens (tertiary/aromatic N) is 2. The third kappa shape index (κ3) is 3.20. The van der Waals surface area contributed by atoms with Gasteiger partial charge in [0.05, 0.1) is 24.2 Å². The van der Waals surface area contributed by atoms with Crippen LogP contribution in [0, 0.1) is 11.3 Å². The average Bonchev–Trinajstić information content (AvgIpc) is 2.46. The highest BCUT2D eigenvalue weighted by molar-refractivity contribution is 7.89. The van der Waals surface area contributed by atoms with E-state index in [1.807, 2.05) is 6.07 Å². The first-order valence-electron chi connectivity index (χ1n) is 5.89. The molecule has 0 N–H and O–H groups in total. The molecule has 1 aliphatic rings. The summed E-state index contributed by atoms with van der Waals surface area (Å²) in [5.74, 6) is 0. The third-order valence-corrected chi connectivity index (χ3v) is 4.71. The Hall–Kier alpha value is -1.68. The Bertz CT molecular complexity index is 611. The lowest BCUT2D eigenvalue weighted by Crippen LogP contribution is -2.40. The van der Waals surface area contributed by atoms with E-state index < -0.39 is 10.0 Å². The van der Waals surface area contributed by atoms with Crippen LogP contribution in [0.2, 0.25) is 0 Å². The summed E-state index contributed by atoms with van der Waals surface area (Å²) >= 11 is 0. The summed E-state index contributed by atoms with van der Waals surface area (Å²) in [6.07, 6.45) is 2.90. The molecule has 0 amide bonds. The molecular formula is C13H14N2O3S. The fraction of sp³-hybridized carbons (Fsp3) is 0.308. The predicted molar refractivity (Wildman–Crippen MR) is 70.7 cm³/mol. The Morgan fingerprint density at radius 1 is 1.32 bits per heavy atom. The highest BCUT2D eigenvalue weighted by Gasteiger charge is 2.26. The van der Waals surface area contributed by atoms with Crippen molar-refractivity contribution in [2.24, 2.45) is 0 Å². The van der Waals surface area contributed by atoms with Crippen LogP contribution in [0.1, 0.15) is 5.56 Å². The SMILES string of the molecule is N#C/C=C\c1cccc(S(=O)(=O)N2CCOCC2)c1. The molecule has 0 spiro atoms. The summed E-state index contributed by atoms with van der Waals surface area (Å²) in [6, 6.07) is 8.44.